The number of aryl methyl sites for hydroxylation is 2. The minimum Gasteiger partial charge on any atom is -0.348 e. The number of amides is 1. The second kappa shape index (κ2) is 7.23. The predicted octanol–water partition coefficient (Wildman–Crippen LogP) is 4.49. The summed E-state index contributed by atoms with van der Waals surface area (Å²) in [7, 11) is 0. The molecule has 5 heteroatoms. The molecule has 1 aromatic heterocycles. The Kier molecular flexibility index (Phi) is 5.04. The third-order valence-electron chi connectivity index (χ3n) is 4.29. The summed E-state index contributed by atoms with van der Waals surface area (Å²) < 4.78 is 2.82. The third kappa shape index (κ3) is 3.66. The quantitative estimate of drug-likeness (QED) is 0.704. The highest BCUT2D eigenvalue weighted by Crippen LogP contribution is 2.20. The van der Waals surface area contributed by atoms with E-state index in [1.807, 2.05) is 74.0 Å². The van der Waals surface area contributed by atoms with Crippen LogP contribution in [0.1, 0.15) is 32.9 Å². The van der Waals surface area contributed by atoms with E-state index in [4.69, 9.17) is 0 Å². The monoisotopic (exact) mass is 397 g/mol. The van der Waals surface area contributed by atoms with Crippen LogP contribution in [-0.4, -0.2) is 15.7 Å². The van der Waals surface area contributed by atoms with Gasteiger partial charge in [0.1, 0.15) is 0 Å². The van der Waals surface area contributed by atoms with E-state index in [2.05, 4.69) is 26.3 Å². The fourth-order valence-corrected chi connectivity index (χ4v) is 3.14. The molecule has 0 atom stereocenters. The van der Waals surface area contributed by atoms with E-state index in [1.165, 1.54) is 5.56 Å². The fourth-order valence-electron chi connectivity index (χ4n) is 2.88. The highest BCUT2D eigenvalue weighted by molar-refractivity contribution is 9.10. The van der Waals surface area contributed by atoms with Gasteiger partial charge < -0.3 is 5.32 Å². The van der Waals surface area contributed by atoms with Gasteiger partial charge in [-0.25, -0.2) is 4.68 Å². The highest BCUT2D eigenvalue weighted by atomic mass is 79.9. The first-order valence-electron chi connectivity index (χ1n) is 8.12. The normalized spacial score (nSPS) is 10.7. The van der Waals surface area contributed by atoms with Crippen molar-refractivity contribution in [2.45, 2.75) is 27.3 Å². The van der Waals surface area contributed by atoms with Gasteiger partial charge in [0.15, 0.2) is 0 Å². The molecule has 1 N–H and O–H groups in total. The Morgan fingerprint density at radius 2 is 1.76 bits per heavy atom. The number of nitrogens with one attached hydrogen (secondary N) is 1. The van der Waals surface area contributed by atoms with E-state index in [9.17, 15) is 4.79 Å². The number of nitrogens with zero attached hydrogens (tertiary/aromatic N) is 2. The second-order valence-electron chi connectivity index (χ2n) is 6.04. The van der Waals surface area contributed by atoms with Gasteiger partial charge in [-0.2, -0.15) is 5.10 Å². The first-order valence-corrected chi connectivity index (χ1v) is 8.91. The molecule has 25 heavy (non-hydrogen) atoms. The molecule has 4 nitrogen and oxygen atoms in total. The van der Waals surface area contributed by atoms with Gasteiger partial charge in [-0.05, 0) is 56.2 Å². The van der Waals surface area contributed by atoms with Gasteiger partial charge in [-0.3, -0.25) is 4.79 Å². The van der Waals surface area contributed by atoms with Crippen molar-refractivity contribution < 1.29 is 4.79 Å². The number of aromatic nitrogens is 2. The summed E-state index contributed by atoms with van der Waals surface area (Å²) in [5.41, 5.74) is 5.41. The van der Waals surface area contributed by atoms with Crippen molar-refractivity contribution in [3.8, 4) is 5.69 Å². The zero-order valence-electron chi connectivity index (χ0n) is 14.5. The number of hydrogen-bond acceptors (Lipinski definition) is 2. The Bertz CT molecular complexity index is 913. The summed E-state index contributed by atoms with van der Waals surface area (Å²) in [6, 6.07) is 15.9. The van der Waals surface area contributed by atoms with E-state index >= 15 is 0 Å². The van der Waals surface area contributed by atoms with Crippen molar-refractivity contribution in [3.63, 3.8) is 0 Å². The van der Waals surface area contributed by atoms with Crippen LogP contribution in [0, 0.1) is 20.8 Å². The largest absolute Gasteiger partial charge is 0.348 e. The van der Waals surface area contributed by atoms with Crippen LogP contribution in [0.2, 0.25) is 0 Å². The minimum absolute atomic E-state index is 0.0957. The zero-order valence-corrected chi connectivity index (χ0v) is 16.1. The average Bonchev–Trinajstić information content (AvgIpc) is 2.89. The molecule has 0 saturated heterocycles. The third-order valence-corrected chi connectivity index (χ3v) is 4.82. The topological polar surface area (TPSA) is 46.9 Å². The molecule has 0 fully saturated rings. The lowest BCUT2D eigenvalue weighted by atomic mass is 10.1. The number of rotatable bonds is 4. The molecule has 1 amide bonds. The molecule has 3 aromatic rings. The molecule has 0 aliphatic carbocycles. The number of hydrogen-bond donors (Lipinski definition) is 1. The molecule has 0 saturated carbocycles. The second-order valence-corrected chi connectivity index (χ2v) is 6.96. The molecule has 0 unspecified atom stereocenters. The molecule has 0 bridgehead atoms. The zero-order chi connectivity index (χ0) is 18.0. The maximum atomic E-state index is 12.7. The molecule has 2 aromatic carbocycles. The lowest BCUT2D eigenvalue weighted by Crippen LogP contribution is -2.24. The molecule has 128 valence electrons. The van der Waals surface area contributed by atoms with Crippen LogP contribution in [0.15, 0.2) is 53.0 Å². The Hall–Kier alpha value is -2.40. The summed E-state index contributed by atoms with van der Waals surface area (Å²) in [5.74, 6) is -0.0957. The summed E-state index contributed by atoms with van der Waals surface area (Å²) >= 11 is 3.43. The van der Waals surface area contributed by atoms with Gasteiger partial charge in [0.25, 0.3) is 5.91 Å². The summed E-state index contributed by atoms with van der Waals surface area (Å²) in [5, 5.41) is 7.56. The Morgan fingerprint density at radius 1 is 1.08 bits per heavy atom. The molecule has 0 radical (unpaired) electrons. The highest BCUT2D eigenvalue weighted by Gasteiger charge is 2.19. The summed E-state index contributed by atoms with van der Waals surface area (Å²) in [4.78, 5) is 12.7. The molecule has 0 aliphatic heterocycles. The maximum Gasteiger partial charge on any atom is 0.255 e. The van der Waals surface area contributed by atoms with Crippen molar-refractivity contribution in [2.75, 3.05) is 0 Å². The van der Waals surface area contributed by atoms with Crippen molar-refractivity contribution >= 4 is 21.8 Å². The first-order chi connectivity index (χ1) is 12.0. The molecule has 1 heterocycles. The average molecular weight is 398 g/mol. The van der Waals surface area contributed by atoms with E-state index in [0.717, 1.165) is 27.1 Å². The van der Waals surface area contributed by atoms with Gasteiger partial charge in [0, 0.05) is 11.0 Å². The van der Waals surface area contributed by atoms with Crippen molar-refractivity contribution in [1.29, 1.82) is 0 Å². The Labute approximate surface area is 156 Å². The summed E-state index contributed by atoms with van der Waals surface area (Å²) in [6.45, 7) is 6.34. The molecular weight excluding hydrogens is 378 g/mol. The van der Waals surface area contributed by atoms with E-state index in [1.54, 1.807) is 0 Å². The van der Waals surface area contributed by atoms with Crippen LogP contribution in [0.25, 0.3) is 5.69 Å². The van der Waals surface area contributed by atoms with Gasteiger partial charge in [0.05, 0.1) is 22.6 Å². The molecule has 3 rings (SSSR count). The Balaban J connectivity index is 1.84. The van der Waals surface area contributed by atoms with Crippen molar-refractivity contribution in [1.82, 2.24) is 15.1 Å². The van der Waals surface area contributed by atoms with Crippen LogP contribution in [-0.2, 0) is 6.54 Å². The van der Waals surface area contributed by atoms with E-state index < -0.39 is 0 Å². The number of carbonyl (C=O) groups is 1. The van der Waals surface area contributed by atoms with Crippen LogP contribution >= 0.6 is 15.9 Å². The first kappa shape index (κ1) is 17.4. The lowest BCUT2D eigenvalue weighted by Gasteiger charge is -2.09. The standard InChI is InChI=1S/C20H20BrN3O/c1-13-6-4-5-7-16(13)12-22-20(25)19-14(2)23-24(15(19)3)18-10-8-17(21)9-11-18/h4-11H,12H2,1-3H3,(H,22,25). The van der Waals surface area contributed by atoms with Crippen molar-refractivity contribution in [3.05, 3.63) is 81.1 Å². The van der Waals surface area contributed by atoms with Gasteiger partial charge in [-0.15, -0.1) is 0 Å². The summed E-state index contributed by atoms with van der Waals surface area (Å²) in [6.07, 6.45) is 0. The number of halogens is 1. The smallest absolute Gasteiger partial charge is 0.255 e. The van der Waals surface area contributed by atoms with Crippen LogP contribution < -0.4 is 5.32 Å². The van der Waals surface area contributed by atoms with Crippen LogP contribution in [0.3, 0.4) is 0 Å². The number of carbonyl (C=O) groups excluding carboxylic acids is 1. The molecule has 0 spiro atoms. The number of benzene rings is 2. The SMILES string of the molecule is Cc1ccccc1CNC(=O)c1c(C)nn(-c2ccc(Br)cc2)c1C. The van der Waals surface area contributed by atoms with Crippen molar-refractivity contribution in [2.24, 2.45) is 0 Å². The van der Waals surface area contributed by atoms with Crippen LogP contribution in [0.4, 0.5) is 0 Å². The fraction of sp³-hybridized carbons (Fsp3) is 0.200. The van der Waals surface area contributed by atoms with E-state index in [0.29, 0.717) is 12.1 Å². The van der Waals surface area contributed by atoms with Gasteiger partial charge in [0.2, 0.25) is 0 Å². The molecular formula is C20H20BrN3O. The minimum atomic E-state index is -0.0957. The maximum absolute atomic E-state index is 12.7. The predicted molar refractivity (Wildman–Crippen MR) is 103 cm³/mol. The molecule has 0 aliphatic rings. The lowest BCUT2D eigenvalue weighted by molar-refractivity contribution is 0.0949. The van der Waals surface area contributed by atoms with Gasteiger partial charge >= 0.3 is 0 Å². The van der Waals surface area contributed by atoms with Gasteiger partial charge in [-0.1, -0.05) is 40.2 Å². The van der Waals surface area contributed by atoms with E-state index in [-0.39, 0.29) is 5.91 Å². The van der Waals surface area contributed by atoms with Crippen LogP contribution in [0.5, 0.6) is 0 Å². The Morgan fingerprint density at radius 3 is 2.44 bits per heavy atom.